The van der Waals surface area contributed by atoms with Crippen molar-refractivity contribution in [3.05, 3.63) is 59.7 Å². The van der Waals surface area contributed by atoms with Gasteiger partial charge in [-0.3, -0.25) is 9.59 Å². The first kappa shape index (κ1) is 21.5. The van der Waals surface area contributed by atoms with Crippen LogP contribution < -0.4 is 5.32 Å². The van der Waals surface area contributed by atoms with E-state index in [9.17, 15) is 19.5 Å². The average molecular weight is 449 g/mol. The van der Waals surface area contributed by atoms with Crippen molar-refractivity contribution in [2.75, 3.05) is 19.7 Å². The Bertz CT molecular complexity index is 1090. The van der Waals surface area contributed by atoms with Crippen LogP contribution in [0.2, 0.25) is 0 Å². The van der Waals surface area contributed by atoms with E-state index in [0.717, 1.165) is 35.1 Å². The highest BCUT2D eigenvalue weighted by molar-refractivity contribution is 5.92. The van der Waals surface area contributed by atoms with E-state index in [1.54, 1.807) is 13.8 Å². The number of likely N-dealkylation sites (tertiary alicyclic amines) is 1. The molecule has 0 radical (unpaired) electrons. The lowest BCUT2D eigenvalue weighted by Crippen LogP contribution is -2.68. The van der Waals surface area contributed by atoms with Gasteiger partial charge in [0.15, 0.2) is 0 Å². The molecular formula is C26H28N2O5. The number of aliphatic carboxylic acids is 1. The molecule has 2 aromatic rings. The highest BCUT2D eigenvalue weighted by Crippen LogP contribution is 2.45. The first-order chi connectivity index (χ1) is 15.7. The van der Waals surface area contributed by atoms with Crippen LogP contribution in [0, 0.1) is 11.3 Å². The van der Waals surface area contributed by atoms with Crippen molar-refractivity contribution in [3.8, 4) is 11.1 Å². The second kappa shape index (κ2) is 7.61. The second-order valence-electron chi connectivity index (χ2n) is 9.95. The first-order valence-electron chi connectivity index (χ1n) is 11.4. The Morgan fingerprint density at radius 2 is 1.61 bits per heavy atom. The summed E-state index contributed by atoms with van der Waals surface area (Å²) < 4.78 is 5.66. The number of benzene rings is 2. The Kier molecular flexibility index (Phi) is 4.96. The third kappa shape index (κ3) is 3.56. The normalized spacial score (nSPS) is 20.1. The number of carboxylic acids is 1. The molecule has 2 aliphatic carbocycles. The van der Waals surface area contributed by atoms with Crippen LogP contribution in [0.1, 0.15) is 43.7 Å². The number of nitrogens with one attached hydrogen (secondary N) is 1. The number of ether oxygens (including phenoxy) is 1. The van der Waals surface area contributed by atoms with Crippen LogP contribution in [0.4, 0.5) is 4.79 Å². The van der Waals surface area contributed by atoms with Gasteiger partial charge in [0.2, 0.25) is 5.91 Å². The molecule has 1 unspecified atom stereocenters. The summed E-state index contributed by atoms with van der Waals surface area (Å²) >= 11 is 0. The SMILES string of the molecule is CC1(C(=O)O)CN(C(=O)C(C)(NC(=O)OCC2c3ccccc3-c3ccccc32)C2CC2)C1. The topological polar surface area (TPSA) is 95.9 Å². The maximum Gasteiger partial charge on any atom is 0.408 e. The van der Waals surface area contributed by atoms with Gasteiger partial charge in [-0.05, 0) is 54.9 Å². The van der Waals surface area contributed by atoms with E-state index in [4.69, 9.17) is 4.74 Å². The molecule has 1 atom stereocenters. The first-order valence-corrected chi connectivity index (χ1v) is 11.4. The molecule has 2 amide bonds. The molecule has 5 rings (SSSR count). The van der Waals surface area contributed by atoms with Gasteiger partial charge in [-0.2, -0.15) is 0 Å². The molecule has 1 saturated heterocycles. The highest BCUT2D eigenvalue weighted by Gasteiger charge is 2.56. The summed E-state index contributed by atoms with van der Waals surface area (Å²) in [7, 11) is 0. The van der Waals surface area contributed by atoms with Crippen LogP contribution in [0.3, 0.4) is 0 Å². The molecule has 2 N–H and O–H groups in total. The second-order valence-corrected chi connectivity index (χ2v) is 9.95. The number of hydrogen-bond acceptors (Lipinski definition) is 4. The van der Waals surface area contributed by atoms with Gasteiger partial charge in [0.05, 0.1) is 0 Å². The summed E-state index contributed by atoms with van der Waals surface area (Å²) in [5, 5.41) is 12.2. The van der Waals surface area contributed by atoms with E-state index in [1.807, 2.05) is 24.3 Å². The molecule has 0 spiro atoms. The van der Waals surface area contributed by atoms with E-state index < -0.39 is 23.0 Å². The van der Waals surface area contributed by atoms with Gasteiger partial charge in [0.25, 0.3) is 0 Å². The molecule has 1 aliphatic heterocycles. The molecule has 2 fully saturated rings. The minimum absolute atomic E-state index is 0.0298. The van der Waals surface area contributed by atoms with Crippen molar-refractivity contribution < 1.29 is 24.2 Å². The lowest BCUT2D eigenvalue weighted by atomic mass is 9.80. The van der Waals surface area contributed by atoms with Gasteiger partial charge >= 0.3 is 12.1 Å². The zero-order valence-electron chi connectivity index (χ0n) is 18.8. The zero-order chi connectivity index (χ0) is 23.4. The molecule has 1 saturated carbocycles. The monoisotopic (exact) mass is 448 g/mol. The Morgan fingerprint density at radius 1 is 1.06 bits per heavy atom. The van der Waals surface area contributed by atoms with Gasteiger partial charge < -0.3 is 20.1 Å². The molecular weight excluding hydrogens is 420 g/mol. The van der Waals surface area contributed by atoms with Crippen LogP contribution in [-0.4, -0.2) is 53.2 Å². The number of fused-ring (bicyclic) bond motifs is 3. The minimum atomic E-state index is -1.09. The number of nitrogens with zero attached hydrogens (tertiary/aromatic N) is 1. The minimum Gasteiger partial charge on any atom is -0.481 e. The van der Waals surface area contributed by atoms with E-state index in [-0.39, 0.29) is 37.4 Å². The molecule has 0 aromatic heterocycles. The highest BCUT2D eigenvalue weighted by atomic mass is 16.5. The Hall–Kier alpha value is -3.35. The van der Waals surface area contributed by atoms with Gasteiger partial charge in [0.1, 0.15) is 17.6 Å². The molecule has 172 valence electrons. The summed E-state index contributed by atoms with van der Waals surface area (Å²) in [6, 6.07) is 16.2. The predicted molar refractivity (Wildman–Crippen MR) is 122 cm³/mol. The molecule has 2 aromatic carbocycles. The Morgan fingerprint density at radius 3 is 2.12 bits per heavy atom. The van der Waals surface area contributed by atoms with E-state index in [0.29, 0.717) is 0 Å². The van der Waals surface area contributed by atoms with Crippen LogP contribution in [0.5, 0.6) is 0 Å². The number of amides is 2. The van der Waals surface area contributed by atoms with Crippen molar-refractivity contribution in [2.45, 2.75) is 38.1 Å². The summed E-state index contributed by atoms with van der Waals surface area (Å²) in [4.78, 5) is 39.0. The molecule has 0 bridgehead atoms. The van der Waals surface area contributed by atoms with Crippen LogP contribution in [0.25, 0.3) is 11.1 Å². The van der Waals surface area contributed by atoms with Crippen LogP contribution in [0.15, 0.2) is 48.5 Å². The number of hydrogen-bond donors (Lipinski definition) is 2. The maximum absolute atomic E-state index is 13.2. The quantitative estimate of drug-likeness (QED) is 0.704. The van der Waals surface area contributed by atoms with Crippen LogP contribution >= 0.6 is 0 Å². The Balaban J connectivity index is 1.27. The number of carbonyl (C=O) groups excluding carboxylic acids is 2. The lowest BCUT2D eigenvalue weighted by Gasteiger charge is -2.48. The van der Waals surface area contributed by atoms with E-state index >= 15 is 0 Å². The van der Waals surface area contributed by atoms with Gasteiger partial charge in [0, 0.05) is 19.0 Å². The molecule has 1 heterocycles. The summed E-state index contributed by atoms with van der Waals surface area (Å²) in [5.41, 5.74) is 2.53. The van der Waals surface area contributed by atoms with Crippen LogP contribution in [-0.2, 0) is 14.3 Å². The molecule has 7 nitrogen and oxygen atoms in total. The molecule has 7 heteroatoms. The third-order valence-corrected chi connectivity index (χ3v) is 7.43. The van der Waals surface area contributed by atoms with Gasteiger partial charge in [-0.15, -0.1) is 0 Å². The molecule has 33 heavy (non-hydrogen) atoms. The Labute approximate surface area is 192 Å². The van der Waals surface area contributed by atoms with E-state index in [2.05, 4.69) is 29.6 Å². The fourth-order valence-corrected chi connectivity index (χ4v) is 5.24. The number of carboxylic acid groups (broad SMARTS) is 1. The lowest BCUT2D eigenvalue weighted by molar-refractivity contribution is -0.166. The third-order valence-electron chi connectivity index (χ3n) is 7.43. The van der Waals surface area contributed by atoms with Crippen molar-refractivity contribution in [1.29, 1.82) is 0 Å². The summed E-state index contributed by atoms with van der Waals surface area (Å²) in [6.45, 7) is 3.83. The summed E-state index contributed by atoms with van der Waals surface area (Å²) in [5.74, 6) is -1.18. The molecule has 3 aliphatic rings. The fourth-order valence-electron chi connectivity index (χ4n) is 5.24. The average Bonchev–Trinajstić information content (AvgIpc) is 3.59. The van der Waals surface area contributed by atoms with E-state index in [1.165, 1.54) is 4.90 Å². The number of rotatable bonds is 6. The zero-order valence-corrected chi connectivity index (χ0v) is 18.8. The summed E-state index contributed by atoms with van der Waals surface area (Å²) in [6.07, 6.45) is 1.06. The van der Waals surface area contributed by atoms with Crippen molar-refractivity contribution in [2.24, 2.45) is 11.3 Å². The standard InChI is InChI=1S/C26H28N2O5/c1-25(23(30)31)14-28(15-25)22(29)26(2,16-11-12-16)27-24(32)33-13-21-19-9-5-3-7-17(19)18-8-4-6-10-20(18)21/h3-10,16,21H,11-15H2,1-2H3,(H,27,32)(H,30,31). The largest absolute Gasteiger partial charge is 0.481 e. The predicted octanol–water partition coefficient (Wildman–Crippen LogP) is 3.63. The van der Waals surface area contributed by atoms with Crippen molar-refractivity contribution in [1.82, 2.24) is 10.2 Å². The van der Waals surface area contributed by atoms with Gasteiger partial charge in [-0.25, -0.2) is 4.79 Å². The fraction of sp³-hybridized carbons (Fsp3) is 0.423. The van der Waals surface area contributed by atoms with Crippen molar-refractivity contribution in [3.63, 3.8) is 0 Å². The van der Waals surface area contributed by atoms with Crippen molar-refractivity contribution >= 4 is 18.0 Å². The maximum atomic E-state index is 13.2. The number of alkyl carbamates (subject to hydrolysis) is 1. The van der Waals surface area contributed by atoms with Gasteiger partial charge in [-0.1, -0.05) is 48.5 Å². The number of carbonyl (C=O) groups is 3. The smallest absolute Gasteiger partial charge is 0.408 e.